The molecule has 0 amide bonds. The second kappa shape index (κ2) is 3.01. The molecule has 0 aliphatic carbocycles. The first kappa shape index (κ1) is 6.81. The summed E-state index contributed by atoms with van der Waals surface area (Å²) in [7, 11) is 0. The third-order valence-corrected chi connectivity index (χ3v) is 2.44. The predicted octanol–water partition coefficient (Wildman–Crippen LogP) is 1.85. The molecule has 1 aliphatic rings. The lowest BCUT2D eigenvalue weighted by Gasteiger charge is -2.00. The Morgan fingerprint density at radius 2 is 2.50 bits per heavy atom. The number of hydrogen-bond donors (Lipinski definition) is 0. The molecule has 2 unspecified atom stereocenters. The fourth-order valence-corrected chi connectivity index (χ4v) is 1.61. The van der Waals surface area contributed by atoms with Gasteiger partial charge in [0.25, 0.3) is 0 Å². The minimum absolute atomic E-state index is 0.561. The largest absolute Gasteiger partial charge is 0.377 e. The SMILES string of the molecule is CC1COC(CI)C1. The highest BCUT2D eigenvalue weighted by Gasteiger charge is 2.19. The summed E-state index contributed by atoms with van der Waals surface area (Å²) in [6, 6.07) is 0. The summed E-state index contributed by atoms with van der Waals surface area (Å²) in [5.41, 5.74) is 0. The Hall–Kier alpha value is 0.690. The van der Waals surface area contributed by atoms with Crippen LogP contribution in [0.5, 0.6) is 0 Å². The van der Waals surface area contributed by atoms with Gasteiger partial charge in [-0.25, -0.2) is 0 Å². The quantitative estimate of drug-likeness (QED) is 0.489. The number of alkyl halides is 1. The zero-order valence-corrected chi connectivity index (χ0v) is 7.22. The third kappa shape index (κ3) is 1.58. The summed E-state index contributed by atoms with van der Waals surface area (Å²) >= 11 is 2.37. The van der Waals surface area contributed by atoms with Crippen LogP contribution in [0.1, 0.15) is 13.3 Å². The molecule has 0 bridgehead atoms. The maximum atomic E-state index is 5.41. The Bertz CT molecular complexity index is 74.9. The highest BCUT2D eigenvalue weighted by atomic mass is 127. The van der Waals surface area contributed by atoms with Crippen LogP contribution in [0, 0.1) is 5.92 Å². The second-order valence-corrected chi connectivity index (χ2v) is 3.33. The van der Waals surface area contributed by atoms with Crippen LogP contribution in [-0.2, 0) is 4.74 Å². The molecule has 48 valence electrons. The number of halogens is 1. The molecule has 0 radical (unpaired) electrons. The van der Waals surface area contributed by atoms with E-state index in [0.29, 0.717) is 6.10 Å². The summed E-state index contributed by atoms with van der Waals surface area (Å²) in [5, 5.41) is 0. The zero-order chi connectivity index (χ0) is 5.98. The van der Waals surface area contributed by atoms with Crippen molar-refractivity contribution < 1.29 is 4.74 Å². The zero-order valence-electron chi connectivity index (χ0n) is 5.06. The molecular weight excluding hydrogens is 215 g/mol. The molecule has 0 saturated carbocycles. The van der Waals surface area contributed by atoms with Crippen LogP contribution in [-0.4, -0.2) is 17.1 Å². The maximum Gasteiger partial charge on any atom is 0.0668 e. The van der Waals surface area contributed by atoms with E-state index in [-0.39, 0.29) is 0 Å². The van der Waals surface area contributed by atoms with Gasteiger partial charge in [0.2, 0.25) is 0 Å². The van der Waals surface area contributed by atoms with E-state index in [0.717, 1.165) is 17.0 Å². The van der Waals surface area contributed by atoms with Crippen LogP contribution >= 0.6 is 22.6 Å². The summed E-state index contributed by atoms with van der Waals surface area (Å²) in [5.74, 6) is 0.801. The van der Waals surface area contributed by atoms with Crippen LogP contribution in [0.15, 0.2) is 0 Å². The van der Waals surface area contributed by atoms with Crippen molar-refractivity contribution in [2.45, 2.75) is 19.4 Å². The molecule has 1 fully saturated rings. The van der Waals surface area contributed by atoms with Crippen molar-refractivity contribution in [3.63, 3.8) is 0 Å². The van der Waals surface area contributed by atoms with Crippen molar-refractivity contribution in [3.05, 3.63) is 0 Å². The van der Waals surface area contributed by atoms with Crippen molar-refractivity contribution in [2.24, 2.45) is 5.92 Å². The molecule has 1 nitrogen and oxygen atoms in total. The maximum absolute atomic E-state index is 5.41. The molecule has 1 aliphatic heterocycles. The monoisotopic (exact) mass is 226 g/mol. The lowest BCUT2D eigenvalue weighted by Crippen LogP contribution is -2.04. The van der Waals surface area contributed by atoms with Crippen molar-refractivity contribution in [2.75, 3.05) is 11.0 Å². The van der Waals surface area contributed by atoms with E-state index in [2.05, 4.69) is 29.5 Å². The van der Waals surface area contributed by atoms with Crippen LogP contribution < -0.4 is 0 Å². The van der Waals surface area contributed by atoms with Gasteiger partial charge in [0.15, 0.2) is 0 Å². The highest BCUT2D eigenvalue weighted by molar-refractivity contribution is 14.1. The third-order valence-electron chi connectivity index (χ3n) is 1.45. The molecule has 8 heavy (non-hydrogen) atoms. The first-order chi connectivity index (χ1) is 3.83. The highest BCUT2D eigenvalue weighted by Crippen LogP contribution is 2.19. The lowest BCUT2D eigenvalue weighted by molar-refractivity contribution is 0.126. The van der Waals surface area contributed by atoms with Gasteiger partial charge in [-0.3, -0.25) is 0 Å². The molecule has 0 spiro atoms. The van der Waals surface area contributed by atoms with E-state index in [1.807, 2.05) is 0 Å². The van der Waals surface area contributed by atoms with Crippen LogP contribution in [0.4, 0.5) is 0 Å². The van der Waals surface area contributed by atoms with Gasteiger partial charge in [-0.1, -0.05) is 29.5 Å². The predicted molar refractivity (Wildman–Crippen MR) is 42.4 cm³/mol. The van der Waals surface area contributed by atoms with Gasteiger partial charge in [-0.05, 0) is 12.3 Å². The van der Waals surface area contributed by atoms with E-state index in [1.54, 1.807) is 0 Å². The Morgan fingerprint density at radius 1 is 1.75 bits per heavy atom. The van der Waals surface area contributed by atoms with Gasteiger partial charge in [0.1, 0.15) is 0 Å². The smallest absolute Gasteiger partial charge is 0.0668 e. The molecule has 1 rings (SSSR count). The molecule has 0 aromatic rings. The van der Waals surface area contributed by atoms with Gasteiger partial charge < -0.3 is 4.74 Å². The van der Waals surface area contributed by atoms with Crippen LogP contribution in [0.2, 0.25) is 0 Å². The molecule has 2 atom stereocenters. The summed E-state index contributed by atoms with van der Waals surface area (Å²) in [6.45, 7) is 3.22. The van der Waals surface area contributed by atoms with E-state index in [1.165, 1.54) is 6.42 Å². The van der Waals surface area contributed by atoms with E-state index < -0.39 is 0 Å². The van der Waals surface area contributed by atoms with Crippen molar-refractivity contribution in [1.82, 2.24) is 0 Å². The Balaban J connectivity index is 2.22. The average Bonchev–Trinajstić information content (AvgIpc) is 2.14. The van der Waals surface area contributed by atoms with E-state index >= 15 is 0 Å². The van der Waals surface area contributed by atoms with Gasteiger partial charge in [0, 0.05) is 11.0 Å². The van der Waals surface area contributed by atoms with Crippen LogP contribution in [0.25, 0.3) is 0 Å². The first-order valence-electron chi connectivity index (χ1n) is 3.00. The molecule has 1 saturated heterocycles. The van der Waals surface area contributed by atoms with Gasteiger partial charge in [-0.15, -0.1) is 0 Å². The number of ether oxygens (including phenoxy) is 1. The Morgan fingerprint density at radius 3 is 2.75 bits per heavy atom. The minimum atomic E-state index is 0.561. The van der Waals surface area contributed by atoms with Gasteiger partial charge in [-0.2, -0.15) is 0 Å². The van der Waals surface area contributed by atoms with E-state index in [4.69, 9.17) is 4.74 Å². The fourth-order valence-electron chi connectivity index (χ4n) is 0.993. The van der Waals surface area contributed by atoms with Gasteiger partial charge >= 0.3 is 0 Å². The second-order valence-electron chi connectivity index (χ2n) is 2.45. The summed E-state index contributed by atoms with van der Waals surface area (Å²) < 4.78 is 6.56. The Labute approximate surface area is 63.9 Å². The van der Waals surface area contributed by atoms with Gasteiger partial charge in [0.05, 0.1) is 6.10 Å². The van der Waals surface area contributed by atoms with E-state index in [9.17, 15) is 0 Å². The standard InChI is InChI=1S/C6H11IO/c1-5-2-6(3-7)8-4-5/h5-6H,2-4H2,1H3. The topological polar surface area (TPSA) is 9.23 Å². The van der Waals surface area contributed by atoms with Crippen molar-refractivity contribution in [3.8, 4) is 0 Å². The summed E-state index contributed by atoms with van der Waals surface area (Å²) in [6.07, 6.45) is 1.83. The van der Waals surface area contributed by atoms with Crippen molar-refractivity contribution in [1.29, 1.82) is 0 Å². The molecule has 1 heterocycles. The van der Waals surface area contributed by atoms with Crippen LogP contribution in [0.3, 0.4) is 0 Å². The molecule has 0 aromatic carbocycles. The molecule has 0 N–H and O–H groups in total. The lowest BCUT2D eigenvalue weighted by atomic mass is 10.1. The number of hydrogen-bond acceptors (Lipinski definition) is 1. The Kier molecular flexibility index (Phi) is 2.56. The normalized spacial score (nSPS) is 38.2. The molecule has 0 aromatic heterocycles. The fraction of sp³-hybridized carbons (Fsp3) is 1.00. The number of rotatable bonds is 1. The molecular formula is C6H11IO. The summed E-state index contributed by atoms with van der Waals surface area (Å²) in [4.78, 5) is 0. The average molecular weight is 226 g/mol. The minimum Gasteiger partial charge on any atom is -0.377 e. The molecule has 2 heteroatoms. The van der Waals surface area contributed by atoms with Crippen molar-refractivity contribution >= 4 is 22.6 Å². The first-order valence-corrected chi connectivity index (χ1v) is 4.53.